The van der Waals surface area contributed by atoms with Gasteiger partial charge >= 0.3 is 6.18 Å². The Balaban J connectivity index is 2.12. The van der Waals surface area contributed by atoms with Crippen molar-refractivity contribution in [2.24, 2.45) is 5.92 Å². The van der Waals surface area contributed by atoms with E-state index in [1.54, 1.807) is 0 Å². The molecule has 3 atom stereocenters. The van der Waals surface area contributed by atoms with Crippen LogP contribution in [0.1, 0.15) is 45.4 Å². The van der Waals surface area contributed by atoms with Crippen LogP contribution in [0.2, 0.25) is 0 Å². The van der Waals surface area contributed by atoms with Crippen molar-refractivity contribution in [2.45, 2.75) is 69.8 Å². The molecule has 2 aliphatic rings. The van der Waals surface area contributed by atoms with Gasteiger partial charge in [-0.15, -0.1) is 0 Å². The second-order valence-electron chi connectivity index (χ2n) is 5.60. The Bertz CT molecular complexity index is 278. The van der Waals surface area contributed by atoms with Crippen molar-refractivity contribution in [1.29, 1.82) is 0 Å². The van der Waals surface area contributed by atoms with Crippen LogP contribution >= 0.6 is 0 Å². The molecule has 3 unspecified atom stereocenters. The first-order chi connectivity index (χ1) is 8.43. The maximum atomic E-state index is 13.1. The van der Waals surface area contributed by atoms with Crippen LogP contribution in [0.5, 0.6) is 0 Å². The number of rotatable bonds is 3. The highest BCUT2D eigenvalue weighted by atomic mass is 19.4. The maximum Gasteiger partial charge on any atom is 0.393 e. The Labute approximate surface area is 106 Å². The number of aliphatic hydroxyl groups is 1. The van der Waals surface area contributed by atoms with Crippen molar-refractivity contribution < 1.29 is 18.3 Å². The van der Waals surface area contributed by atoms with Crippen molar-refractivity contribution in [2.75, 3.05) is 6.54 Å². The Kier molecular flexibility index (Phi) is 4.22. The molecule has 2 aliphatic carbocycles. The zero-order chi connectivity index (χ0) is 13.3. The number of hydrogen-bond acceptors (Lipinski definition) is 2. The highest BCUT2D eigenvalue weighted by Gasteiger charge is 2.50. The van der Waals surface area contributed by atoms with E-state index in [4.69, 9.17) is 0 Å². The quantitative estimate of drug-likeness (QED) is 0.848. The molecule has 0 saturated heterocycles. The van der Waals surface area contributed by atoms with Crippen LogP contribution in [0.4, 0.5) is 13.2 Å². The highest BCUT2D eigenvalue weighted by molar-refractivity contribution is 4.94. The molecule has 1 N–H and O–H groups in total. The van der Waals surface area contributed by atoms with E-state index in [-0.39, 0.29) is 19.3 Å². The summed E-state index contributed by atoms with van der Waals surface area (Å²) in [5, 5.41) is 9.69. The van der Waals surface area contributed by atoms with Crippen LogP contribution in [0.15, 0.2) is 0 Å². The van der Waals surface area contributed by atoms with Gasteiger partial charge in [0.2, 0.25) is 0 Å². The molecule has 0 aromatic rings. The molecule has 2 saturated carbocycles. The molecule has 0 radical (unpaired) electrons. The molecule has 106 valence electrons. The summed E-state index contributed by atoms with van der Waals surface area (Å²) in [5.74, 6) is -1.26. The number of alkyl halides is 3. The van der Waals surface area contributed by atoms with Crippen LogP contribution in [0.25, 0.3) is 0 Å². The largest absolute Gasteiger partial charge is 0.393 e. The van der Waals surface area contributed by atoms with E-state index in [0.717, 1.165) is 19.3 Å². The Morgan fingerprint density at radius 1 is 1.17 bits per heavy atom. The zero-order valence-electron chi connectivity index (χ0n) is 10.8. The van der Waals surface area contributed by atoms with Crippen LogP contribution in [-0.2, 0) is 0 Å². The molecule has 0 heterocycles. The second kappa shape index (κ2) is 5.37. The van der Waals surface area contributed by atoms with Gasteiger partial charge in [0.05, 0.1) is 12.0 Å². The van der Waals surface area contributed by atoms with Gasteiger partial charge in [-0.25, -0.2) is 0 Å². The molecule has 0 aliphatic heterocycles. The van der Waals surface area contributed by atoms with Gasteiger partial charge in [0.1, 0.15) is 0 Å². The topological polar surface area (TPSA) is 23.5 Å². The number of hydrogen-bond donors (Lipinski definition) is 1. The van der Waals surface area contributed by atoms with Gasteiger partial charge < -0.3 is 5.11 Å². The Hall–Kier alpha value is -0.290. The van der Waals surface area contributed by atoms with E-state index < -0.39 is 24.2 Å². The summed E-state index contributed by atoms with van der Waals surface area (Å²) in [6.07, 6.45) is -0.955. The lowest BCUT2D eigenvalue weighted by Gasteiger charge is -2.47. The van der Waals surface area contributed by atoms with Crippen molar-refractivity contribution in [3.63, 3.8) is 0 Å². The average molecular weight is 265 g/mol. The lowest BCUT2D eigenvalue weighted by atomic mass is 9.79. The average Bonchev–Trinajstić information content (AvgIpc) is 2.21. The first-order valence-corrected chi connectivity index (χ1v) is 6.94. The van der Waals surface area contributed by atoms with Crippen LogP contribution in [0, 0.1) is 5.92 Å². The monoisotopic (exact) mass is 265 g/mol. The maximum absolute atomic E-state index is 13.1. The molecule has 5 heteroatoms. The summed E-state index contributed by atoms with van der Waals surface area (Å²) in [5.41, 5.74) is 0. The third kappa shape index (κ3) is 2.82. The third-order valence-corrected chi connectivity index (χ3v) is 4.54. The van der Waals surface area contributed by atoms with Crippen LogP contribution in [-0.4, -0.2) is 40.9 Å². The molecule has 0 aromatic carbocycles. The minimum absolute atomic E-state index is 0.0680. The zero-order valence-corrected chi connectivity index (χ0v) is 10.8. The first-order valence-electron chi connectivity index (χ1n) is 6.94. The normalized spacial score (nSPS) is 34.7. The standard InChI is InChI=1S/C13H22F3NO/c1-2-17(9-4-3-5-9)12-8-10(18)6-7-11(12)13(14,15)16/h9-12,18H,2-8H2,1H3. The fourth-order valence-electron chi connectivity index (χ4n) is 3.36. The van der Waals surface area contributed by atoms with Crippen molar-refractivity contribution in [3.8, 4) is 0 Å². The number of aliphatic hydroxyl groups excluding tert-OH is 1. The van der Waals surface area contributed by atoms with Gasteiger partial charge in [0, 0.05) is 12.1 Å². The Morgan fingerprint density at radius 3 is 2.28 bits per heavy atom. The third-order valence-electron chi connectivity index (χ3n) is 4.54. The van der Waals surface area contributed by atoms with Crippen molar-refractivity contribution in [3.05, 3.63) is 0 Å². The van der Waals surface area contributed by atoms with Gasteiger partial charge in [0.15, 0.2) is 0 Å². The first kappa shape index (κ1) is 14.1. The van der Waals surface area contributed by atoms with Gasteiger partial charge in [-0.2, -0.15) is 13.2 Å². The van der Waals surface area contributed by atoms with Crippen LogP contribution in [0.3, 0.4) is 0 Å². The minimum atomic E-state index is -4.14. The Morgan fingerprint density at radius 2 is 1.83 bits per heavy atom. The van der Waals surface area contributed by atoms with Crippen LogP contribution < -0.4 is 0 Å². The predicted octanol–water partition coefficient (Wildman–Crippen LogP) is 2.95. The molecule has 0 aromatic heterocycles. The van der Waals surface area contributed by atoms with E-state index in [0.29, 0.717) is 12.6 Å². The fraction of sp³-hybridized carbons (Fsp3) is 1.00. The lowest BCUT2D eigenvalue weighted by molar-refractivity contribution is -0.208. The number of nitrogens with zero attached hydrogens (tertiary/aromatic N) is 1. The molecule has 0 amide bonds. The molecule has 0 bridgehead atoms. The summed E-state index contributed by atoms with van der Waals surface area (Å²) < 4.78 is 39.3. The highest BCUT2D eigenvalue weighted by Crippen LogP contribution is 2.42. The summed E-state index contributed by atoms with van der Waals surface area (Å²) in [6, 6.07) is -0.223. The molecular weight excluding hydrogens is 243 g/mol. The minimum Gasteiger partial charge on any atom is -0.393 e. The van der Waals surface area contributed by atoms with Gasteiger partial charge in [-0.3, -0.25) is 4.90 Å². The molecule has 2 fully saturated rings. The molecule has 2 nitrogen and oxygen atoms in total. The predicted molar refractivity (Wildman–Crippen MR) is 63.2 cm³/mol. The van der Waals surface area contributed by atoms with Crippen molar-refractivity contribution in [1.82, 2.24) is 4.90 Å². The molecule has 18 heavy (non-hydrogen) atoms. The SMILES string of the molecule is CCN(C1CCC1)C1CC(O)CCC1C(F)(F)F. The fourth-order valence-corrected chi connectivity index (χ4v) is 3.36. The number of halogens is 3. The van der Waals surface area contributed by atoms with E-state index in [9.17, 15) is 18.3 Å². The molecule has 2 rings (SSSR count). The summed E-state index contributed by atoms with van der Waals surface area (Å²) >= 11 is 0. The van der Waals surface area contributed by atoms with Gasteiger partial charge in [0.25, 0.3) is 0 Å². The second-order valence-corrected chi connectivity index (χ2v) is 5.60. The summed E-state index contributed by atoms with van der Waals surface area (Å²) in [4.78, 5) is 1.99. The van der Waals surface area contributed by atoms with Crippen molar-refractivity contribution >= 4 is 0 Å². The van der Waals surface area contributed by atoms with E-state index in [2.05, 4.69) is 0 Å². The lowest BCUT2D eigenvalue weighted by Crippen LogP contribution is -2.55. The molecule has 0 spiro atoms. The van der Waals surface area contributed by atoms with Gasteiger partial charge in [-0.05, 0) is 38.6 Å². The van der Waals surface area contributed by atoms with E-state index in [1.807, 2.05) is 11.8 Å². The van der Waals surface area contributed by atoms with E-state index >= 15 is 0 Å². The molecular formula is C13H22F3NO. The summed E-state index contributed by atoms with van der Waals surface area (Å²) in [7, 11) is 0. The smallest absolute Gasteiger partial charge is 0.393 e. The van der Waals surface area contributed by atoms with E-state index in [1.165, 1.54) is 0 Å². The summed E-state index contributed by atoms with van der Waals surface area (Å²) in [6.45, 7) is 2.57. The van der Waals surface area contributed by atoms with Gasteiger partial charge in [-0.1, -0.05) is 13.3 Å².